The summed E-state index contributed by atoms with van der Waals surface area (Å²) in [5, 5.41) is 0. The fraction of sp³-hybridized carbons (Fsp3) is 0.462. The Morgan fingerprint density at radius 3 is 2.63 bits per heavy atom. The second kappa shape index (κ2) is 5.13. The standard InChI is InChI=1S/C13H16ClNO3S/c1-9-5-6-15(8-9)13(16)11-4-3-10(2)12(7-11)19(14,17)18/h3-4,7,9H,5-6,8H2,1-2H3. The fourth-order valence-electron chi connectivity index (χ4n) is 2.30. The number of carbonyl (C=O) groups is 1. The number of benzene rings is 1. The Bertz CT molecular complexity index is 612. The summed E-state index contributed by atoms with van der Waals surface area (Å²) < 4.78 is 22.9. The molecule has 0 aliphatic carbocycles. The van der Waals surface area contributed by atoms with E-state index in [2.05, 4.69) is 6.92 Å². The van der Waals surface area contributed by atoms with Crippen molar-refractivity contribution in [1.29, 1.82) is 0 Å². The van der Waals surface area contributed by atoms with Crippen LogP contribution in [0.1, 0.15) is 29.3 Å². The Balaban J connectivity index is 2.34. The minimum absolute atomic E-state index is 0.00672. The number of carbonyl (C=O) groups excluding carboxylic acids is 1. The molecule has 0 saturated carbocycles. The first-order valence-electron chi connectivity index (χ1n) is 6.13. The molecule has 1 aromatic carbocycles. The molecule has 0 N–H and O–H groups in total. The summed E-state index contributed by atoms with van der Waals surface area (Å²) in [4.78, 5) is 14.0. The van der Waals surface area contributed by atoms with Crippen molar-refractivity contribution in [2.45, 2.75) is 25.2 Å². The van der Waals surface area contributed by atoms with Gasteiger partial charge in [-0.1, -0.05) is 13.0 Å². The normalized spacial score (nSPS) is 19.7. The molecule has 6 heteroatoms. The van der Waals surface area contributed by atoms with Crippen molar-refractivity contribution in [3.05, 3.63) is 29.3 Å². The predicted octanol–water partition coefficient (Wildman–Crippen LogP) is 2.40. The zero-order valence-corrected chi connectivity index (χ0v) is 12.5. The molecule has 1 unspecified atom stereocenters. The third kappa shape index (κ3) is 3.09. The molecule has 19 heavy (non-hydrogen) atoms. The van der Waals surface area contributed by atoms with Gasteiger partial charge in [-0.25, -0.2) is 8.42 Å². The van der Waals surface area contributed by atoms with Gasteiger partial charge in [0.2, 0.25) is 0 Å². The number of amides is 1. The molecule has 104 valence electrons. The van der Waals surface area contributed by atoms with Crippen molar-refractivity contribution in [3.63, 3.8) is 0 Å². The SMILES string of the molecule is Cc1ccc(C(=O)N2CCC(C)C2)cc1S(=O)(=O)Cl. The fourth-order valence-corrected chi connectivity index (χ4v) is 3.52. The van der Waals surface area contributed by atoms with E-state index in [0.717, 1.165) is 19.5 Å². The van der Waals surface area contributed by atoms with Gasteiger partial charge in [0.15, 0.2) is 0 Å². The van der Waals surface area contributed by atoms with Crippen LogP contribution in [-0.2, 0) is 9.05 Å². The third-order valence-corrected chi connectivity index (χ3v) is 4.87. The van der Waals surface area contributed by atoms with Gasteiger partial charge in [-0.05, 0) is 37.0 Å². The van der Waals surface area contributed by atoms with Crippen LogP contribution in [0.25, 0.3) is 0 Å². The summed E-state index contributed by atoms with van der Waals surface area (Å²) in [7, 11) is 1.55. The second-order valence-electron chi connectivity index (χ2n) is 5.06. The number of hydrogen-bond acceptors (Lipinski definition) is 3. The third-order valence-electron chi connectivity index (χ3n) is 3.41. The van der Waals surface area contributed by atoms with Crippen LogP contribution in [0.3, 0.4) is 0 Å². The molecular weight excluding hydrogens is 286 g/mol. The highest BCUT2D eigenvalue weighted by atomic mass is 35.7. The lowest BCUT2D eigenvalue weighted by Gasteiger charge is -2.16. The van der Waals surface area contributed by atoms with E-state index in [-0.39, 0.29) is 10.8 Å². The molecule has 1 aromatic rings. The van der Waals surface area contributed by atoms with Crippen molar-refractivity contribution in [3.8, 4) is 0 Å². The maximum atomic E-state index is 12.3. The number of halogens is 1. The number of nitrogens with zero attached hydrogens (tertiary/aromatic N) is 1. The number of likely N-dealkylation sites (tertiary alicyclic amines) is 1. The predicted molar refractivity (Wildman–Crippen MR) is 73.9 cm³/mol. The van der Waals surface area contributed by atoms with E-state index in [1.54, 1.807) is 24.0 Å². The zero-order valence-electron chi connectivity index (χ0n) is 10.9. The van der Waals surface area contributed by atoms with E-state index < -0.39 is 9.05 Å². The monoisotopic (exact) mass is 301 g/mol. The molecule has 1 saturated heterocycles. The second-order valence-corrected chi connectivity index (χ2v) is 7.60. The van der Waals surface area contributed by atoms with Gasteiger partial charge in [0.25, 0.3) is 15.0 Å². The highest BCUT2D eigenvalue weighted by Gasteiger charge is 2.25. The molecule has 0 bridgehead atoms. The summed E-state index contributed by atoms with van der Waals surface area (Å²) >= 11 is 0. The summed E-state index contributed by atoms with van der Waals surface area (Å²) in [6.45, 7) is 5.19. The van der Waals surface area contributed by atoms with Gasteiger partial charge in [0.1, 0.15) is 0 Å². The lowest BCUT2D eigenvalue weighted by molar-refractivity contribution is 0.0788. The molecule has 1 aliphatic rings. The van der Waals surface area contributed by atoms with Crippen LogP contribution in [0.2, 0.25) is 0 Å². The van der Waals surface area contributed by atoms with Gasteiger partial charge in [0.05, 0.1) is 4.90 Å². The summed E-state index contributed by atoms with van der Waals surface area (Å²) in [6.07, 6.45) is 0.984. The molecule has 0 radical (unpaired) electrons. The zero-order chi connectivity index (χ0) is 14.2. The molecule has 1 amide bonds. The van der Waals surface area contributed by atoms with Crippen LogP contribution in [0.4, 0.5) is 0 Å². The van der Waals surface area contributed by atoms with Crippen LogP contribution >= 0.6 is 10.7 Å². The molecule has 2 rings (SSSR count). The maximum absolute atomic E-state index is 12.3. The Morgan fingerprint density at radius 2 is 2.11 bits per heavy atom. The van der Waals surface area contributed by atoms with E-state index in [4.69, 9.17) is 10.7 Å². The molecule has 1 fully saturated rings. The first-order valence-corrected chi connectivity index (χ1v) is 8.44. The molecule has 4 nitrogen and oxygen atoms in total. The van der Waals surface area contributed by atoms with E-state index in [9.17, 15) is 13.2 Å². The van der Waals surface area contributed by atoms with Crippen LogP contribution in [0, 0.1) is 12.8 Å². The Hall–Kier alpha value is -1.07. The number of rotatable bonds is 2. The Morgan fingerprint density at radius 1 is 1.42 bits per heavy atom. The number of aryl methyl sites for hydroxylation is 1. The van der Waals surface area contributed by atoms with Gasteiger partial charge >= 0.3 is 0 Å². The van der Waals surface area contributed by atoms with Crippen LogP contribution in [0.15, 0.2) is 23.1 Å². The average molecular weight is 302 g/mol. The molecule has 1 atom stereocenters. The Kier molecular flexibility index (Phi) is 3.87. The molecule has 1 aliphatic heterocycles. The van der Waals surface area contributed by atoms with Gasteiger partial charge in [-0.3, -0.25) is 4.79 Å². The van der Waals surface area contributed by atoms with Crippen molar-refractivity contribution in [2.75, 3.05) is 13.1 Å². The first kappa shape index (κ1) is 14.3. The average Bonchev–Trinajstić information content (AvgIpc) is 2.74. The quantitative estimate of drug-likeness (QED) is 0.788. The van der Waals surface area contributed by atoms with Crippen molar-refractivity contribution in [1.82, 2.24) is 4.90 Å². The van der Waals surface area contributed by atoms with Crippen LogP contribution in [0.5, 0.6) is 0 Å². The van der Waals surface area contributed by atoms with E-state index in [1.165, 1.54) is 6.07 Å². The largest absolute Gasteiger partial charge is 0.338 e. The summed E-state index contributed by atoms with van der Waals surface area (Å²) in [5.74, 6) is 0.358. The molecule has 1 heterocycles. The van der Waals surface area contributed by atoms with Gasteiger partial charge < -0.3 is 4.90 Å². The molecular formula is C13H16ClNO3S. The van der Waals surface area contributed by atoms with Crippen molar-refractivity contribution >= 4 is 25.6 Å². The minimum Gasteiger partial charge on any atom is -0.338 e. The van der Waals surface area contributed by atoms with Gasteiger partial charge in [-0.15, -0.1) is 0 Å². The van der Waals surface area contributed by atoms with Gasteiger partial charge in [0, 0.05) is 29.3 Å². The van der Waals surface area contributed by atoms with Crippen molar-refractivity contribution in [2.24, 2.45) is 5.92 Å². The number of hydrogen-bond donors (Lipinski definition) is 0. The smallest absolute Gasteiger partial charge is 0.261 e. The topological polar surface area (TPSA) is 54.5 Å². The van der Waals surface area contributed by atoms with E-state index in [0.29, 0.717) is 17.0 Å². The summed E-state index contributed by atoms with van der Waals surface area (Å²) in [6, 6.07) is 4.62. The van der Waals surface area contributed by atoms with Gasteiger partial charge in [-0.2, -0.15) is 0 Å². The van der Waals surface area contributed by atoms with E-state index >= 15 is 0 Å². The lowest BCUT2D eigenvalue weighted by Crippen LogP contribution is -2.28. The van der Waals surface area contributed by atoms with Crippen molar-refractivity contribution < 1.29 is 13.2 Å². The maximum Gasteiger partial charge on any atom is 0.261 e. The highest BCUT2D eigenvalue weighted by Crippen LogP contribution is 2.23. The van der Waals surface area contributed by atoms with E-state index in [1.807, 2.05) is 0 Å². The highest BCUT2D eigenvalue weighted by molar-refractivity contribution is 8.13. The Labute approximate surface area is 117 Å². The molecule has 0 spiro atoms. The van der Waals surface area contributed by atoms with Crippen LogP contribution in [-0.4, -0.2) is 32.3 Å². The molecule has 0 aromatic heterocycles. The van der Waals surface area contributed by atoms with Crippen LogP contribution < -0.4 is 0 Å². The lowest BCUT2D eigenvalue weighted by atomic mass is 10.1. The first-order chi connectivity index (χ1) is 8.79. The summed E-state index contributed by atoms with van der Waals surface area (Å²) in [5.41, 5.74) is 0.917. The minimum atomic E-state index is -3.82.